The van der Waals surface area contributed by atoms with E-state index in [-0.39, 0.29) is 6.09 Å². The van der Waals surface area contributed by atoms with Crippen LogP contribution in [-0.4, -0.2) is 39.8 Å². The molecule has 1 N–H and O–H groups in total. The molecule has 0 fully saturated rings. The molecule has 0 unspecified atom stereocenters. The maximum atomic E-state index is 11.6. The van der Waals surface area contributed by atoms with Gasteiger partial charge in [-0.25, -0.2) is 9.78 Å². The number of nitrogens with zero attached hydrogens (tertiary/aromatic N) is 2. The third kappa shape index (κ3) is 8.32. The standard InChI is InChI=1S/C16H29N3O2S/c1-16(2,3)21-15(20)18-9-8-14-12-17-13-19(14)10-6-5-7-11-22-4/h12-13H,5-11H2,1-4H3,(H,18,20). The van der Waals surface area contributed by atoms with Gasteiger partial charge in [0.25, 0.3) is 0 Å². The van der Waals surface area contributed by atoms with E-state index in [0.29, 0.717) is 6.54 Å². The molecule has 1 amide bonds. The number of aromatic nitrogens is 2. The van der Waals surface area contributed by atoms with Gasteiger partial charge in [-0.2, -0.15) is 11.8 Å². The van der Waals surface area contributed by atoms with Crippen LogP contribution in [0, 0.1) is 0 Å². The molecule has 5 nitrogen and oxygen atoms in total. The minimum atomic E-state index is -0.456. The second-order valence-electron chi connectivity index (χ2n) is 6.31. The van der Waals surface area contributed by atoms with Crippen LogP contribution in [0.2, 0.25) is 0 Å². The van der Waals surface area contributed by atoms with Gasteiger partial charge in [0, 0.05) is 31.4 Å². The molecule has 0 bridgehead atoms. The van der Waals surface area contributed by atoms with Crippen LogP contribution in [0.5, 0.6) is 0 Å². The number of thioether (sulfide) groups is 1. The molecule has 22 heavy (non-hydrogen) atoms. The highest BCUT2D eigenvalue weighted by molar-refractivity contribution is 7.98. The van der Waals surface area contributed by atoms with Crippen molar-refractivity contribution in [1.29, 1.82) is 0 Å². The predicted octanol–water partition coefficient (Wildman–Crippen LogP) is 3.48. The van der Waals surface area contributed by atoms with Crippen LogP contribution in [0.1, 0.15) is 45.7 Å². The molecule has 0 atom stereocenters. The topological polar surface area (TPSA) is 56.2 Å². The molecule has 0 aliphatic heterocycles. The third-order valence-corrected chi connectivity index (χ3v) is 3.79. The highest BCUT2D eigenvalue weighted by Crippen LogP contribution is 2.08. The van der Waals surface area contributed by atoms with Crippen molar-refractivity contribution >= 4 is 17.9 Å². The zero-order chi connectivity index (χ0) is 16.4. The lowest BCUT2D eigenvalue weighted by molar-refractivity contribution is 0.0528. The fourth-order valence-electron chi connectivity index (χ4n) is 2.07. The van der Waals surface area contributed by atoms with E-state index < -0.39 is 5.60 Å². The lowest BCUT2D eigenvalue weighted by Crippen LogP contribution is -2.33. The van der Waals surface area contributed by atoms with E-state index in [1.54, 1.807) is 0 Å². The molecular formula is C16H29N3O2S. The number of aryl methyl sites for hydroxylation is 1. The monoisotopic (exact) mass is 327 g/mol. The molecule has 0 aromatic carbocycles. The Kier molecular flexibility index (Phi) is 8.38. The van der Waals surface area contributed by atoms with E-state index in [1.807, 2.05) is 45.1 Å². The second kappa shape index (κ2) is 9.77. The van der Waals surface area contributed by atoms with Crippen molar-refractivity contribution < 1.29 is 9.53 Å². The highest BCUT2D eigenvalue weighted by Gasteiger charge is 2.15. The average molecular weight is 327 g/mol. The van der Waals surface area contributed by atoms with Crippen molar-refractivity contribution in [2.75, 3.05) is 18.6 Å². The number of alkyl carbamates (subject to hydrolysis) is 1. The number of ether oxygens (including phenoxy) is 1. The van der Waals surface area contributed by atoms with E-state index in [1.165, 1.54) is 25.0 Å². The van der Waals surface area contributed by atoms with Gasteiger partial charge >= 0.3 is 6.09 Å². The summed E-state index contributed by atoms with van der Waals surface area (Å²) in [4.78, 5) is 15.8. The average Bonchev–Trinajstić information content (AvgIpc) is 2.84. The molecule has 1 aromatic rings. The number of carbonyl (C=O) groups excluding carboxylic acids is 1. The highest BCUT2D eigenvalue weighted by atomic mass is 32.2. The Labute approximate surface area is 138 Å². The van der Waals surface area contributed by atoms with E-state index in [2.05, 4.69) is 21.1 Å². The molecule has 1 aromatic heterocycles. The van der Waals surface area contributed by atoms with Crippen LogP contribution in [0.4, 0.5) is 4.79 Å². The zero-order valence-corrected chi connectivity index (χ0v) is 15.0. The first-order chi connectivity index (χ1) is 10.4. The van der Waals surface area contributed by atoms with E-state index in [9.17, 15) is 4.79 Å². The number of unbranched alkanes of at least 4 members (excludes halogenated alkanes) is 2. The number of nitrogens with one attached hydrogen (secondary N) is 1. The summed E-state index contributed by atoms with van der Waals surface area (Å²) in [5.74, 6) is 1.23. The van der Waals surface area contributed by atoms with Crippen LogP contribution in [0.15, 0.2) is 12.5 Å². The van der Waals surface area contributed by atoms with Crippen molar-refractivity contribution in [3.8, 4) is 0 Å². The molecule has 0 saturated carbocycles. The molecule has 0 aliphatic rings. The first-order valence-electron chi connectivity index (χ1n) is 7.87. The summed E-state index contributed by atoms with van der Waals surface area (Å²) in [5.41, 5.74) is 0.698. The Bertz CT molecular complexity index is 441. The summed E-state index contributed by atoms with van der Waals surface area (Å²) in [5, 5.41) is 2.78. The number of hydrogen-bond acceptors (Lipinski definition) is 4. The fraction of sp³-hybridized carbons (Fsp3) is 0.750. The molecule has 6 heteroatoms. The number of rotatable bonds is 9. The van der Waals surface area contributed by atoms with Gasteiger partial charge in [-0.15, -0.1) is 0 Å². The maximum absolute atomic E-state index is 11.6. The van der Waals surface area contributed by atoms with Crippen molar-refractivity contribution in [3.05, 3.63) is 18.2 Å². The van der Waals surface area contributed by atoms with Crippen molar-refractivity contribution in [2.24, 2.45) is 0 Å². The van der Waals surface area contributed by atoms with Gasteiger partial charge in [0.2, 0.25) is 0 Å². The van der Waals surface area contributed by atoms with Crippen molar-refractivity contribution in [3.63, 3.8) is 0 Å². The van der Waals surface area contributed by atoms with Gasteiger partial charge in [0.05, 0.1) is 6.33 Å². The Morgan fingerprint density at radius 3 is 2.82 bits per heavy atom. The van der Waals surface area contributed by atoms with Crippen LogP contribution < -0.4 is 5.32 Å². The number of carbonyl (C=O) groups is 1. The molecule has 1 heterocycles. The minimum Gasteiger partial charge on any atom is -0.444 e. The fourth-order valence-corrected chi connectivity index (χ4v) is 2.56. The van der Waals surface area contributed by atoms with Gasteiger partial charge in [0.1, 0.15) is 5.60 Å². The SMILES string of the molecule is CSCCCCCn1cncc1CCNC(=O)OC(C)(C)C. The summed E-state index contributed by atoms with van der Waals surface area (Å²) in [6, 6.07) is 0. The van der Waals surface area contributed by atoms with E-state index in [0.717, 1.165) is 18.7 Å². The normalized spacial score (nSPS) is 11.5. The van der Waals surface area contributed by atoms with Gasteiger partial charge in [-0.3, -0.25) is 0 Å². The summed E-state index contributed by atoms with van der Waals surface area (Å²) in [6.45, 7) is 7.14. The van der Waals surface area contributed by atoms with Crippen LogP contribution >= 0.6 is 11.8 Å². The number of hydrogen-bond donors (Lipinski definition) is 1. The summed E-state index contributed by atoms with van der Waals surface area (Å²) >= 11 is 1.90. The maximum Gasteiger partial charge on any atom is 0.407 e. The van der Waals surface area contributed by atoms with Gasteiger partial charge in [-0.05, 0) is 45.6 Å². The molecule has 126 valence electrons. The smallest absolute Gasteiger partial charge is 0.407 e. The van der Waals surface area contributed by atoms with E-state index >= 15 is 0 Å². The van der Waals surface area contributed by atoms with Gasteiger partial charge in [0.15, 0.2) is 0 Å². The first-order valence-corrected chi connectivity index (χ1v) is 9.26. The van der Waals surface area contributed by atoms with Crippen LogP contribution in [-0.2, 0) is 17.7 Å². The summed E-state index contributed by atoms with van der Waals surface area (Å²) in [7, 11) is 0. The predicted molar refractivity (Wildman–Crippen MR) is 92.4 cm³/mol. The van der Waals surface area contributed by atoms with Crippen molar-refractivity contribution in [2.45, 2.75) is 58.6 Å². The van der Waals surface area contributed by atoms with Crippen LogP contribution in [0.25, 0.3) is 0 Å². The second-order valence-corrected chi connectivity index (χ2v) is 7.30. The first kappa shape index (κ1) is 18.9. The zero-order valence-electron chi connectivity index (χ0n) is 14.2. The number of imidazole rings is 1. The molecule has 0 saturated heterocycles. The Morgan fingerprint density at radius 2 is 2.14 bits per heavy atom. The number of amides is 1. The Hall–Kier alpha value is -1.17. The quantitative estimate of drug-likeness (QED) is 0.706. The molecule has 0 aliphatic carbocycles. The lowest BCUT2D eigenvalue weighted by atomic mass is 10.2. The van der Waals surface area contributed by atoms with E-state index in [4.69, 9.17) is 4.74 Å². The summed E-state index contributed by atoms with van der Waals surface area (Å²) < 4.78 is 7.39. The van der Waals surface area contributed by atoms with Gasteiger partial charge in [-0.1, -0.05) is 6.42 Å². The summed E-state index contributed by atoms with van der Waals surface area (Å²) in [6.07, 6.45) is 9.98. The largest absolute Gasteiger partial charge is 0.444 e. The Balaban J connectivity index is 2.26. The minimum absolute atomic E-state index is 0.365. The van der Waals surface area contributed by atoms with Gasteiger partial charge < -0.3 is 14.6 Å². The van der Waals surface area contributed by atoms with Crippen molar-refractivity contribution in [1.82, 2.24) is 14.9 Å². The lowest BCUT2D eigenvalue weighted by Gasteiger charge is -2.19. The molecule has 0 radical (unpaired) electrons. The molecule has 1 rings (SSSR count). The third-order valence-electron chi connectivity index (χ3n) is 3.10. The molecule has 0 spiro atoms. The Morgan fingerprint density at radius 1 is 1.36 bits per heavy atom. The molecular weight excluding hydrogens is 298 g/mol. The van der Waals surface area contributed by atoms with Crippen LogP contribution in [0.3, 0.4) is 0 Å².